The number of halogens is 4. The van der Waals surface area contributed by atoms with Crippen LogP contribution in [0.3, 0.4) is 0 Å². The van der Waals surface area contributed by atoms with Gasteiger partial charge in [-0.2, -0.15) is 13.2 Å². The number of hydrogen-bond donors (Lipinski definition) is 0. The zero-order valence-corrected chi connectivity index (χ0v) is 13.9. The third kappa shape index (κ3) is 4.25. The van der Waals surface area contributed by atoms with E-state index in [0.717, 1.165) is 5.39 Å². The monoisotopic (exact) mass is 364 g/mol. The van der Waals surface area contributed by atoms with Crippen molar-refractivity contribution in [2.24, 2.45) is 0 Å². The van der Waals surface area contributed by atoms with Gasteiger partial charge in [0.1, 0.15) is 17.3 Å². The number of hydrogen-bond acceptors (Lipinski definition) is 2. The number of rotatable bonds is 5. The van der Waals surface area contributed by atoms with Gasteiger partial charge in [0.05, 0.1) is 6.61 Å². The highest BCUT2D eigenvalue weighted by molar-refractivity contribution is 5.88. The summed E-state index contributed by atoms with van der Waals surface area (Å²) in [5, 5.41) is 1.48. The van der Waals surface area contributed by atoms with E-state index in [9.17, 15) is 17.6 Å². The summed E-state index contributed by atoms with van der Waals surface area (Å²) in [4.78, 5) is 0. The highest BCUT2D eigenvalue weighted by Gasteiger charge is 2.28. The highest BCUT2D eigenvalue weighted by Crippen LogP contribution is 2.30. The van der Waals surface area contributed by atoms with Gasteiger partial charge in [0.25, 0.3) is 0 Å². The van der Waals surface area contributed by atoms with Gasteiger partial charge >= 0.3 is 6.18 Å². The van der Waals surface area contributed by atoms with Crippen molar-refractivity contribution in [2.45, 2.75) is 13.1 Å². The van der Waals surface area contributed by atoms with Crippen molar-refractivity contribution in [3.8, 4) is 22.6 Å². The van der Waals surface area contributed by atoms with Crippen molar-refractivity contribution < 1.29 is 27.0 Å². The van der Waals surface area contributed by atoms with Crippen molar-refractivity contribution in [1.82, 2.24) is 0 Å². The molecule has 0 atom stereocenters. The molecule has 0 saturated carbocycles. The van der Waals surface area contributed by atoms with Crippen LogP contribution in [0.25, 0.3) is 21.9 Å². The molecule has 0 spiro atoms. The molecule has 26 heavy (non-hydrogen) atoms. The second kappa shape index (κ2) is 7.23. The summed E-state index contributed by atoms with van der Waals surface area (Å²) in [6.45, 7) is 0.934. The lowest BCUT2D eigenvalue weighted by molar-refractivity contribution is -0.153. The molecule has 0 saturated heterocycles. The van der Waals surface area contributed by atoms with Gasteiger partial charge in [0, 0.05) is 11.6 Å². The van der Waals surface area contributed by atoms with Crippen LogP contribution in [-0.4, -0.2) is 19.4 Å². The van der Waals surface area contributed by atoms with Crippen LogP contribution in [0.4, 0.5) is 17.6 Å². The first kappa shape index (κ1) is 18.0. The van der Waals surface area contributed by atoms with Crippen LogP contribution < -0.4 is 9.47 Å². The van der Waals surface area contributed by atoms with Gasteiger partial charge in [0.2, 0.25) is 0 Å². The molecular formula is C20H16F4O2. The van der Waals surface area contributed by atoms with Crippen molar-refractivity contribution >= 4 is 10.8 Å². The summed E-state index contributed by atoms with van der Waals surface area (Å²) in [6.07, 6.45) is -4.38. The molecule has 3 aromatic carbocycles. The molecule has 0 aliphatic rings. The fraction of sp³-hybridized carbons (Fsp3) is 0.200. The van der Waals surface area contributed by atoms with E-state index < -0.39 is 18.6 Å². The lowest BCUT2D eigenvalue weighted by Crippen LogP contribution is -2.19. The van der Waals surface area contributed by atoms with Crippen molar-refractivity contribution in [3.05, 3.63) is 60.4 Å². The minimum absolute atomic E-state index is 0.134. The second-order valence-electron chi connectivity index (χ2n) is 5.70. The molecule has 0 amide bonds. The normalized spacial score (nSPS) is 11.6. The van der Waals surface area contributed by atoms with Crippen LogP contribution in [-0.2, 0) is 0 Å². The molecular weight excluding hydrogens is 348 g/mol. The standard InChI is InChI=1S/C20H16F4O2/c1-2-25-17-7-8-18(19(21)11-17)15-4-3-14-10-16(6-5-13(14)9-15)26-12-20(22,23)24/h3-11H,2,12H2,1H3. The maximum atomic E-state index is 14.3. The van der Waals surface area contributed by atoms with Gasteiger partial charge in [-0.15, -0.1) is 0 Å². The van der Waals surface area contributed by atoms with Crippen LogP contribution in [0.5, 0.6) is 11.5 Å². The van der Waals surface area contributed by atoms with Gasteiger partial charge in [-0.3, -0.25) is 0 Å². The molecule has 2 nitrogen and oxygen atoms in total. The lowest BCUT2D eigenvalue weighted by atomic mass is 10.0. The van der Waals surface area contributed by atoms with E-state index >= 15 is 0 Å². The molecule has 3 rings (SSSR count). The molecule has 0 N–H and O–H groups in total. The molecule has 0 fully saturated rings. The molecule has 0 aliphatic carbocycles. The zero-order chi connectivity index (χ0) is 18.7. The van der Waals surface area contributed by atoms with Crippen LogP contribution >= 0.6 is 0 Å². The quantitative estimate of drug-likeness (QED) is 0.518. The van der Waals surface area contributed by atoms with Gasteiger partial charge < -0.3 is 9.47 Å². The molecule has 0 unspecified atom stereocenters. The first-order valence-corrected chi connectivity index (χ1v) is 8.02. The Hall–Kier alpha value is -2.76. The minimum atomic E-state index is -4.38. The summed E-state index contributed by atoms with van der Waals surface area (Å²) in [5.41, 5.74) is 1.09. The fourth-order valence-electron chi connectivity index (χ4n) is 2.63. The van der Waals surface area contributed by atoms with Gasteiger partial charge in [-0.1, -0.05) is 18.2 Å². The Morgan fingerprint density at radius 1 is 0.808 bits per heavy atom. The molecule has 0 bridgehead atoms. The predicted octanol–water partition coefficient (Wildman–Crippen LogP) is 5.99. The van der Waals surface area contributed by atoms with E-state index in [1.165, 1.54) is 18.2 Å². The Kier molecular flexibility index (Phi) is 5.02. The first-order chi connectivity index (χ1) is 12.4. The average Bonchev–Trinajstić information content (AvgIpc) is 2.59. The summed E-state index contributed by atoms with van der Waals surface area (Å²) < 4.78 is 61.1. The van der Waals surface area contributed by atoms with Crippen LogP contribution in [0.2, 0.25) is 0 Å². The number of alkyl halides is 3. The topological polar surface area (TPSA) is 18.5 Å². The van der Waals surface area contributed by atoms with Crippen LogP contribution in [0.1, 0.15) is 6.92 Å². The Labute approximate surface area is 148 Å². The predicted molar refractivity (Wildman–Crippen MR) is 92.1 cm³/mol. The molecule has 0 radical (unpaired) electrons. The van der Waals surface area contributed by atoms with Crippen molar-refractivity contribution in [2.75, 3.05) is 13.2 Å². The Bertz CT molecular complexity index is 919. The van der Waals surface area contributed by atoms with Gasteiger partial charge in [0.15, 0.2) is 6.61 Å². The van der Waals surface area contributed by atoms with Crippen LogP contribution in [0, 0.1) is 5.82 Å². The summed E-state index contributed by atoms with van der Waals surface area (Å²) in [6, 6.07) is 14.5. The van der Waals surface area contributed by atoms with E-state index in [1.54, 1.807) is 36.4 Å². The minimum Gasteiger partial charge on any atom is -0.494 e. The van der Waals surface area contributed by atoms with Gasteiger partial charge in [-0.25, -0.2) is 4.39 Å². The fourth-order valence-corrected chi connectivity index (χ4v) is 2.63. The summed E-state index contributed by atoms with van der Waals surface area (Å²) in [7, 11) is 0. The molecule has 0 aliphatic heterocycles. The third-order valence-electron chi connectivity index (χ3n) is 3.78. The average molecular weight is 364 g/mol. The smallest absolute Gasteiger partial charge is 0.422 e. The largest absolute Gasteiger partial charge is 0.494 e. The van der Waals surface area contributed by atoms with E-state index in [4.69, 9.17) is 9.47 Å². The molecule has 0 aromatic heterocycles. The van der Waals surface area contributed by atoms with Gasteiger partial charge in [-0.05, 0) is 53.6 Å². The summed E-state index contributed by atoms with van der Waals surface area (Å²) >= 11 is 0. The number of fused-ring (bicyclic) bond motifs is 1. The highest BCUT2D eigenvalue weighted by atomic mass is 19.4. The SMILES string of the molecule is CCOc1ccc(-c2ccc3cc(OCC(F)(F)F)ccc3c2)c(F)c1. The van der Waals surface area contributed by atoms with E-state index in [-0.39, 0.29) is 5.75 Å². The summed E-state index contributed by atoms with van der Waals surface area (Å²) in [5.74, 6) is 0.191. The van der Waals surface area contributed by atoms with Crippen LogP contribution in [0.15, 0.2) is 54.6 Å². The Balaban J connectivity index is 1.88. The number of ether oxygens (including phenoxy) is 2. The maximum absolute atomic E-state index is 14.3. The maximum Gasteiger partial charge on any atom is 0.422 e. The number of benzene rings is 3. The second-order valence-corrected chi connectivity index (χ2v) is 5.70. The Morgan fingerprint density at radius 3 is 2.15 bits per heavy atom. The van der Waals surface area contributed by atoms with Crippen molar-refractivity contribution in [1.29, 1.82) is 0 Å². The zero-order valence-electron chi connectivity index (χ0n) is 13.9. The van der Waals surface area contributed by atoms with E-state index in [0.29, 0.717) is 28.9 Å². The van der Waals surface area contributed by atoms with E-state index in [1.807, 2.05) is 6.92 Å². The molecule has 3 aromatic rings. The molecule has 136 valence electrons. The first-order valence-electron chi connectivity index (χ1n) is 8.02. The van der Waals surface area contributed by atoms with E-state index in [2.05, 4.69) is 0 Å². The molecule has 0 heterocycles. The Morgan fingerprint density at radius 2 is 1.46 bits per heavy atom. The van der Waals surface area contributed by atoms with Crippen molar-refractivity contribution in [3.63, 3.8) is 0 Å². The molecule has 6 heteroatoms. The lowest BCUT2D eigenvalue weighted by Gasteiger charge is -2.11. The third-order valence-corrected chi connectivity index (χ3v) is 3.78.